The van der Waals surface area contributed by atoms with E-state index in [2.05, 4.69) is 29.3 Å². The van der Waals surface area contributed by atoms with E-state index in [1.54, 1.807) is 12.1 Å². The van der Waals surface area contributed by atoms with Crippen molar-refractivity contribution in [3.63, 3.8) is 0 Å². The minimum atomic E-state index is -3.72. The summed E-state index contributed by atoms with van der Waals surface area (Å²) >= 11 is 0. The van der Waals surface area contributed by atoms with Crippen LogP contribution >= 0.6 is 0 Å². The number of carbonyl (C=O) groups is 1. The number of hydrogen-bond donors (Lipinski definition) is 2. The van der Waals surface area contributed by atoms with Gasteiger partial charge in [-0.1, -0.05) is 36.4 Å². The van der Waals surface area contributed by atoms with E-state index in [9.17, 15) is 13.2 Å². The molecule has 2 aromatic rings. The van der Waals surface area contributed by atoms with Crippen molar-refractivity contribution in [3.8, 4) is 0 Å². The standard InChI is InChI=1S/C21H27N3O4S/c1-16-14-24(9-10-28-16)15-19-4-2-3-18(11-19)13-23-21(25)12-17-5-7-20(8-6-17)29(22,26)27/h2-8,11,16H,9-10,12-15H2,1H3,(H,23,25)(H2,22,26,27). The smallest absolute Gasteiger partial charge is 0.238 e. The molecule has 2 aromatic carbocycles. The van der Waals surface area contributed by atoms with E-state index in [0.29, 0.717) is 6.54 Å². The van der Waals surface area contributed by atoms with Crippen molar-refractivity contribution in [2.24, 2.45) is 5.14 Å². The number of hydrogen-bond acceptors (Lipinski definition) is 5. The van der Waals surface area contributed by atoms with Crippen LogP contribution in [0, 0.1) is 0 Å². The number of ether oxygens (including phenoxy) is 1. The highest BCUT2D eigenvalue weighted by Gasteiger charge is 2.16. The molecule has 1 fully saturated rings. The molecule has 1 heterocycles. The minimum absolute atomic E-state index is 0.0353. The second-order valence-corrected chi connectivity index (χ2v) is 8.94. The Morgan fingerprint density at radius 1 is 1.17 bits per heavy atom. The molecule has 7 nitrogen and oxygen atoms in total. The zero-order chi connectivity index (χ0) is 20.9. The molecule has 0 radical (unpaired) electrons. The van der Waals surface area contributed by atoms with Crippen molar-refractivity contribution in [3.05, 3.63) is 65.2 Å². The lowest BCUT2D eigenvalue weighted by Gasteiger charge is -2.31. The Morgan fingerprint density at radius 3 is 2.59 bits per heavy atom. The molecule has 3 rings (SSSR count). The fourth-order valence-electron chi connectivity index (χ4n) is 3.38. The topological polar surface area (TPSA) is 102 Å². The lowest BCUT2D eigenvalue weighted by molar-refractivity contribution is -0.120. The van der Waals surface area contributed by atoms with Crippen molar-refractivity contribution in [1.82, 2.24) is 10.2 Å². The van der Waals surface area contributed by atoms with Gasteiger partial charge in [-0.15, -0.1) is 0 Å². The first-order valence-electron chi connectivity index (χ1n) is 9.60. The number of amides is 1. The number of morpholine rings is 1. The van der Waals surface area contributed by atoms with Gasteiger partial charge in [0.05, 0.1) is 24.0 Å². The minimum Gasteiger partial charge on any atom is -0.376 e. The van der Waals surface area contributed by atoms with Gasteiger partial charge in [0, 0.05) is 26.2 Å². The average molecular weight is 418 g/mol. The number of sulfonamides is 1. The highest BCUT2D eigenvalue weighted by molar-refractivity contribution is 7.89. The van der Waals surface area contributed by atoms with Crippen molar-refractivity contribution in [2.45, 2.75) is 37.4 Å². The van der Waals surface area contributed by atoms with Crippen LogP contribution < -0.4 is 10.5 Å². The lowest BCUT2D eigenvalue weighted by atomic mass is 10.1. The molecule has 0 saturated carbocycles. The molecular weight excluding hydrogens is 390 g/mol. The molecule has 1 aliphatic heterocycles. The SMILES string of the molecule is CC1CN(Cc2cccc(CNC(=O)Cc3ccc(S(N)(=O)=O)cc3)c2)CCO1. The number of nitrogens with two attached hydrogens (primary N) is 1. The van der Waals surface area contributed by atoms with Crippen LogP contribution in [0.4, 0.5) is 0 Å². The van der Waals surface area contributed by atoms with E-state index in [0.717, 1.165) is 37.4 Å². The molecule has 156 valence electrons. The summed E-state index contributed by atoms with van der Waals surface area (Å²) in [5, 5.41) is 8.00. The maximum Gasteiger partial charge on any atom is 0.238 e. The van der Waals surface area contributed by atoms with Crippen LogP contribution in [-0.2, 0) is 39.1 Å². The van der Waals surface area contributed by atoms with Crippen LogP contribution in [0.1, 0.15) is 23.6 Å². The molecule has 0 bridgehead atoms. The monoisotopic (exact) mass is 417 g/mol. The second kappa shape index (κ2) is 9.49. The van der Waals surface area contributed by atoms with E-state index >= 15 is 0 Å². The summed E-state index contributed by atoms with van der Waals surface area (Å²) in [5.41, 5.74) is 2.98. The van der Waals surface area contributed by atoms with Crippen molar-refractivity contribution < 1.29 is 17.9 Å². The van der Waals surface area contributed by atoms with Gasteiger partial charge in [-0.2, -0.15) is 0 Å². The predicted octanol–water partition coefficient (Wildman–Crippen LogP) is 1.41. The Hall–Kier alpha value is -2.26. The molecule has 1 unspecified atom stereocenters. The molecule has 1 saturated heterocycles. The number of benzene rings is 2. The van der Waals surface area contributed by atoms with Crippen molar-refractivity contribution in [1.29, 1.82) is 0 Å². The summed E-state index contributed by atoms with van der Waals surface area (Å²) in [6, 6.07) is 14.2. The quantitative estimate of drug-likeness (QED) is 0.709. The highest BCUT2D eigenvalue weighted by Crippen LogP contribution is 2.13. The van der Waals surface area contributed by atoms with Gasteiger partial charge in [0.15, 0.2) is 0 Å². The Balaban J connectivity index is 1.51. The molecule has 0 aliphatic carbocycles. The van der Waals surface area contributed by atoms with E-state index in [1.807, 2.05) is 12.1 Å². The average Bonchev–Trinajstić information content (AvgIpc) is 2.66. The van der Waals surface area contributed by atoms with Gasteiger partial charge in [0.1, 0.15) is 0 Å². The number of nitrogens with one attached hydrogen (secondary N) is 1. The molecule has 0 aromatic heterocycles. The maximum atomic E-state index is 12.2. The first-order valence-corrected chi connectivity index (χ1v) is 11.1. The van der Waals surface area contributed by atoms with Crippen molar-refractivity contribution in [2.75, 3.05) is 19.7 Å². The Bertz CT molecular complexity index is 945. The molecule has 3 N–H and O–H groups in total. The molecule has 0 spiro atoms. The molecular formula is C21H27N3O4S. The predicted molar refractivity (Wildman–Crippen MR) is 110 cm³/mol. The summed E-state index contributed by atoms with van der Waals surface area (Å²) in [5.74, 6) is -0.124. The Labute approximate surface area is 171 Å². The van der Waals surface area contributed by atoms with E-state index in [-0.39, 0.29) is 23.3 Å². The number of carbonyl (C=O) groups excluding carboxylic acids is 1. The zero-order valence-electron chi connectivity index (χ0n) is 16.5. The molecule has 8 heteroatoms. The van der Waals surface area contributed by atoms with Crippen LogP contribution in [0.25, 0.3) is 0 Å². The van der Waals surface area contributed by atoms with Gasteiger partial charge in [-0.3, -0.25) is 9.69 Å². The van der Waals surface area contributed by atoms with E-state index in [4.69, 9.17) is 9.88 Å². The molecule has 1 amide bonds. The van der Waals surface area contributed by atoms with E-state index in [1.165, 1.54) is 17.7 Å². The van der Waals surface area contributed by atoms with Gasteiger partial charge in [0.2, 0.25) is 15.9 Å². The summed E-state index contributed by atoms with van der Waals surface area (Å²) in [4.78, 5) is 14.6. The molecule has 1 aliphatic rings. The van der Waals surface area contributed by atoms with Gasteiger partial charge in [-0.25, -0.2) is 13.6 Å². The third kappa shape index (κ3) is 6.64. The molecule has 1 atom stereocenters. The summed E-state index contributed by atoms with van der Waals surface area (Å²) in [7, 11) is -3.72. The van der Waals surface area contributed by atoms with Crippen LogP contribution in [0.5, 0.6) is 0 Å². The van der Waals surface area contributed by atoms with Gasteiger partial charge < -0.3 is 10.1 Å². The van der Waals surface area contributed by atoms with Gasteiger partial charge >= 0.3 is 0 Å². The highest BCUT2D eigenvalue weighted by atomic mass is 32.2. The fraction of sp³-hybridized carbons (Fsp3) is 0.381. The second-order valence-electron chi connectivity index (χ2n) is 7.38. The lowest BCUT2D eigenvalue weighted by Crippen LogP contribution is -2.40. The van der Waals surface area contributed by atoms with Crippen LogP contribution in [-0.4, -0.2) is 45.0 Å². The third-order valence-electron chi connectivity index (χ3n) is 4.83. The van der Waals surface area contributed by atoms with Gasteiger partial charge in [-0.05, 0) is 35.7 Å². The Kier molecular flexibility index (Phi) is 7.02. The third-order valence-corrected chi connectivity index (χ3v) is 5.76. The van der Waals surface area contributed by atoms with Gasteiger partial charge in [0.25, 0.3) is 0 Å². The number of rotatable bonds is 7. The fourth-order valence-corrected chi connectivity index (χ4v) is 3.89. The summed E-state index contributed by atoms with van der Waals surface area (Å²) < 4.78 is 28.1. The Morgan fingerprint density at radius 2 is 1.90 bits per heavy atom. The maximum absolute atomic E-state index is 12.2. The van der Waals surface area contributed by atoms with Crippen LogP contribution in [0.3, 0.4) is 0 Å². The van der Waals surface area contributed by atoms with Crippen LogP contribution in [0.2, 0.25) is 0 Å². The summed E-state index contributed by atoms with van der Waals surface area (Å²) in [6.07, 6.45) is 0.432. The van der Waals surface area contributed by atoms with Crippen LogP contribution in [0.15, 0.2) is 53.4 Å². The number of nitrogens with zero attached hydrogens (tertiary/aromatic N) is 1. The first-order chi connectivity index (χ1) is 13.8. The first kappa shape index (κ1) is 21.4. The molecule has 29 heavy (non-hydrogen) atoms. The summed E-state index contributed by atoms with van der Waals surface area (Å²) in [6.45, 7) is 6.00. The number of primary sulfonamides is 1. The van der Waals surface area contributed by atoms with Crippen molar-refractivity contribution >= 4 is 15.9 Å². The largest absolute Gasteiger partial charge is 0.376 e. The van der Waals surface area contributed by atoms with E-state index < -0.39 is 10.0 Å². The zero-order valence-corrected chi connectivity index (χ0v) is 17.3. The normalized spacial score (nSPS) is 17.8.